The minimum atomic E-state index is -1.00. The summed E-state index contributed by atoms with van der Waals surface area (Å²) in [5.41, 5.74) is 0. The Balaban J connectivity index is 2.03. The molecule has 1 N–H and O–H groups in total. The topological polar surface area (TPSA) is 75.5 Å². The molecule has 1 fully saturated rings. The van der Waals surface area contributed by atoms with Crippen molar-refractivity contribution in [2.75, 3.05) is 24.6 Å². The van der Waals surface area contributed by atoms with Crippen molar-refractivity contribution in [1.29, 1.82) is 0 Å². The van der Waals surface area contributed by atoms with Crippen molar-refractivity contribution in [3.8, 4) is 5.88 Å². The number of aromatic nitrogens is 2. The zero-order valence-corrected chi connectivity index (χ0v) is 10.3. The molecule has 1 aromatic rings. The molecule has 0 unspecified atom stereocenters. The lowest BCUT2D eigenvalue weighted by molar-refractivity contribution is -0.139. The molecule has 0 spiro atoms. The molecule has 2 heterocycles. The molecule has 0 amide bonds. The van der Waals surface area contributed by atoms with Gasteiger partial charge in [-0.3, -0.25) is 0 Å². The van der Waals surface area contributed by atoms with E-state index in [2.05, 4.69) is 13.6 Å². The third-order valence-electron chi connectivity index (χ3n) is 2.68. The van der Waals surface area contributed by atoms with Gasteiger partial charge in [0.1, 0.15) is 0 Å². The smallest absolute Gasteiger partial charge is 0.341 e. The monoisotopic (exact) mass is 257 g/mol. The molecule has 94 valence electrons. The van der Waals surface area contributed by atoms with Gasteiger partial charge in [-0.15, -0.1) is 4.37 Å². The molecular formula is C10H15N3O3S. The van der Waals surface area contributed by atoms with Crippen LogP contribution < -0.4 is 9.64 Å². The fourth-order valence-corrected chi connectivity index (χ4v) is 2.39. The van der Waals surface area contributed by atoms with Crippen molar-refractivity contribution in [2.45, 2.75) is 25.7 Å². The third-order valence-corrected chi connectivity index (χ3v) is 3.18. The predicted octanol–water partition coefficient (Wildman–Crippen LogP) is 1.38. The van der Waals surface area contributed by atoms with Gasteiger partial charge >= 0.3 is 5.97 Å². The second-order valence-electron chi connectivity index (χ2n) is 3.98. The normalized spacial score (nSPS) is 16.6. The van der Waals surface area contributed by atoms with Crippen molar-refractivity contribution >= 4 is 23.5 Å². The van der Waals surface area contributed by atoms with Gasteiger partial charge in [-0.2, -0.15) is 4.37 Å². The Morgan fingerprint density at radius 3 is 2.65 bits per heavy atom. The number of aliphatic carboxylic acids is 1. The fourth-order valence-electron chi connectivity index (χ4n) is 1.87. The molecule has 0 radical (unpaired) electrons. The first-order chi connectivity index (χ1) is 8.27. The summed E-state index contributed by atoms with van der Waals surface area (Å²) in [6, 6.07) is 0. The Bertz CT molecular complexity index is 375. The van der Waals surface area contributed by atoms with Gasteiger partial charge in [0.2, 0.25) is 5.82 Å². The number of carbonyl (C=O) groups is 1. The number of hydrogen-bond donors (Lipinski definition) is 1. The van der Waals surface area contributed by atoms with Crippen LogP contribution in [0.15, 0.2) is 0 Å². The Hall–Kier alpha value is -1.37. The second kappa shape index (κ2) is 5.81. The van der Waals surface area contributed by atoms with E-state index in [-0.39, 0.29) is 6.61 Å². The highest BCUT2D eigenvalue weighted by atomic mass is 32.1. The average molecular weight is 257 g/mol. The van der Waals surface area contributed by atoms with E-state index in [1.165, 1.54) is 12.8 Å². The molecule has 6 nitrogen and oxygen atoms in total. The first-order valence-electron chi connectivity index (χ1n) is 5.69. The van der Waals surface area contributed by atoms with E-state index < -0.39 is 5.97 Å². The molecule has 2 rings (SSSR count). The summed E-state index contributed by atoms with van der Waals surface area (Å²) in [6.07, 6.45) is 4.74. The summed E-state index contributed by atoms with van der Waals surface area (Å²) in [7, 11) is 0. The Kier molecular flexibility index (Phi) is 4.13. The van der Waals surface area contributed by atoms with Crippen LogP contribution in [-0.4, -0.2) is 39.5 Å². The highest BCUT2D eigenvalue weighted by molar-refractivity contribution is 6.99. The van der Waals surface area contributed by atoms with E-state index in [9.17, 15) is 4.79 Å². The van der Waals surface area contributed by atoms with Crippen LogP contribution in [0.1, 0.15) is 25.7 Å². The lowest BCUT2D eigenvalue weighted by Crippen LogP contribution is -2.25. The zero-order valence-electron chi connectivity index (χ0n) is 9.46. The van der Waals surface area contributed by atoms with Crippen LogP contribution in [0.5, 0.6) is 5.88 Å². The zero-order chi connectivity index (χ0) is 12.1. The van der Waals surface area contributed by atoms with Crippen LogP contribution in [0.2, 0.25) is 0 Å². The Morgan fingerprint density at radius 1 is 1.29 bits per heavy atom. The summed E-state index contributed by atoms with van der Waals surface area (Å²) < 4.78 is 13.3. The molecule has 1 aliphatic rings. The van der Waals surface area contributed by atoms with Gasteiger partial charge in [-0.05, 0) is 12.8 Å². The SMILES string of the molecule is O=C(O)COc1nsnc1N1CCCCCC1. The predicted molar refractivity (Wildman–Crippen MR) is 63.7 cm³/mol. The number of carboxylic acids is 1. The molecule has 0 aliphatic carbocycles. The van der Waals surface area contributed by atoms with Crippen molar-refractivity contribution in [1.82, 2.24) is 8.75 Å². The number of nitrogens with zero attached hydrogens (tertiary/aromatic N) is 3. The molecular weight excluding hydrogens is 242 g/mol. The van der Waals surface area contributed by atoms with Crippen LogP contribution in [0.25, 0.3) is 0 Å². The van der Waals surface area contributed by atoms with Crippen LogP contribution in [0, 0.1) is 0 Å². The summed E-state index contributed by atoms with van der Waals surface area (Å²) in [4.78, 5) is 12.6. The maximum Gasteiger partial charge on any atom is 0.341 e. The average Bonchev–Trinajstić information content (AvgIpc) is 2.60. The summed E-state index contributed by atoms with van der Waals surface area (Å²) in [6.45, 7) is 1.51. The van der Waals surface area contributed by atoms with Gasteiger partial charge in [-0.1, -0.05) is 12.8 Å². The van der Waals surface area contributed by atoms with E-state index in [1.54, 1.807) is 0 Å². The van der Waals surface area contributed by atoms with Crippen LogP contribution in [0.3, 0.4) is 0 Å². The van der Waals surface area contributed by atoms with Gasteiger partial charge in [0, 0.05) is 13.1 Å². The molecule has 0 atom stereocenters. The van der Waals surface area contributed by atoms with E-state index in [0.29, 0.717) is 11.7 Å². The van der Waals surface area contributed by atoms with E-state index in [1.807, 2.05) is 0 Å². The molecule has 17 heavy (non-hydrogen) atoms. The van der Waals surface area contributed by atoms with Crippen LogP contribution in [0.4, 0.5) is 5.82 Å². The lowest BCUT2D eigenvalue weighted by Gasteiger charge is -2.19. The maximum atomic E-state index is 10.5. The van der Waals surface area contributed by atoms with E-state index in [0.717, 1.165) is 37.7 Å². The quantitative estimate of drug-likeness (QED) is 0.878. The Morgan fingerprint density at radius 2 is 2.00 bits per heavy atom. The minimum absolute atomic E-state index is 0.347. The first kappa shape index (κ1) is 12.1. The number of hydrogen-bond acceptors (Lipinski definition) is 6. The minimum Gasteiger partial charge on any atom is -0.479 e. The van der Waals surface area contributed by atoms with Gasteiger partial charge in [0.05, 0.1) is 11.7 Å². The number of anilines is 1. The number of rotatable bonds is 4. The maximum absolute atomic E-state index is 10.5. The molecule has 0 aromatic carbocycles. The van der Waals surface area contributed by atoms with Crippen molar-refractivity contribution in [3.63, 3.8) is 0 Å². The van der Waals surface area contributed by atoms with Crippen molar-refractivity contribution < 1.29 is 14.6 Å². The number of carboxylic acid groups (broad SMARTS) is 1. The highest BCUT2D eigenvalue weighted by Crippen LogP contribution is 2.27. The van der Waals surface area contributed by atoms with E-state index >= 15 is 0 Å². The first-order valence-corrected chi connectivity index (χ1v) is 6.42. The molecule has 0 saturated carbocycles. The van der Waals surface area contributed by atoms with Gasteiger partial charge < -0.3 is 14.7 Å². The number of ether oxygens (including phenoxy) is 1. The van der Waals surface area contributed by atoms with Crippen LogP contribution >= 0.6 is 11.7 Å². The second-order valence-corrected chi connectivity index (χ2v) is 4.51. The molecule has 1 aromatic heterocycles. The molecule has 0 bridgehead atoms. The Labute approximate surface area is 104 Å². The summed E-state index contributed by atoms with van der Waals surface area (Å²) in [5, 5.41) is 8.58. The third kappa shape index (κ3) is 3.29. The fraction of sp³-hybridized carbons (Fsp3) is 0.700. The molecule has 7 heteroatoms. The largest absolute Gasteiger partial charge is 0.479 e. The van der Waals surface area contributed by atoms with Crippen LogP contribution in [-0.2, 0) is 4.79 Å². The van der Waals surface area contributed by atoms with Gasteiger partial charge in [0.25, 0.3) is 5.88 Å². The van der Waals surface area contributed by atoms with E-state index in [4.69, 9.17) is 9.84 Å². The summed E-state index contributed by atoms with van der Waals surface area (Å²) >= 11 is 1.06. The van der Waals surface area contributed by atoms with Gasteiger partial charge in [-0.25, -0.2) is 4.79 Å². The van der Waals surface area contributed by atoms with Gasteiger partial charge in [0.15, 0.2) is 6.61 Å². The molecule has 1 saturated heterocycles. The lowest BCUT2D eigenvalue weighted by atomic mass is 10.2. The van der Waals surface area contributed by atoms with Crippen molar-refractivity contribution in [3.05, 3.63) is 0 Å². The summed E-state index contributed by atoms with van der Waals surface area (Å²) in [5.74, 6) is 0.0391. The van der Waals surface area contributed by atoms with Crippen molar-refractivity contribution in [2.24, 2.45) is 0 Å². The highest BCUT2D eigenvalue weighted by Gasteiger charge is 2.19. The molecule has 1 aliphatic heterocycles. The standard InChI is InChI=1S/C10H15N3O3S/c14-8(15)7-16-10-9(11-17-12-10)13-5-3-1-2-4-6-13/h1-7H2,(H,14,15).